The second-order valence-electron chi connectivity index (χ2n) is 8.34. The van der Waals surface area contributed by atoms with Crippen LogP contribution in [0, 0.1) is 11.8 Å². The Hall–Kier alpha value is -3.01. The monoisotopic (exact) mass is 466 g/mol. The third-order valence-corrected chi connectivity index (χ3v) is 7.57. The summed E-state index contributed by atoms with van der Waals surface area (Å²) in [4.78, 5) is 33.0. The summed E-state index contributed by atoms with van der Waals surface area (Å²) in [6.45, 7) is 2.96. The summed E-state index contributed by atoms with van der Waals surface area (Å²) < 4.78 is 7.27. The van der Waals surface area contributed by atoms with Crippen molar-refractivity contribution in [3.8, 4) is 16.9 Å². The minimum Gasteiger partial charge on any atom is -0.496 e. The first kappa shape index (κ1) is 21.8. The molecule has 3 aromatic rings. The molecule has 4 atom stereocenters. The first-order valence-corrected chi connectivity index (χ1v) is 11.9. The highest BCUT2D eigenvalue weighted by Crippen LogP contribution is 2.49. The standard InChI is InChI=1S/C24H26N4O4S/c1-3-27-20-16(17(13-29)21(27)22(30)26-24-25-10-11-33-24)12-28-18(20)9-8-15(23(28)31)14-6-4-5-7-19(14)32-2/h4-11,16-17,20-21,29H,3,12-13H2,1-2H3,(H,25,26,30)/t16-,17-,20+,21-/m0/s1. The van der Waals surface area contributed by atoms with Gasteiger partial charge >= 0.3 is 0 Å². The molecule has 1 amide bonds. The summed E-state index contributed by atoms with van der Waals surface area (Å²) in [5.74, 6) is 0.155. The zero-order valence-electron chi connectivity index (χ0n) is 18.5. The van der Waals surface area contributed by atoms with E-state index in [1.165, 1.54) is 11.3 Å². The number of nitrogens with one attached hydrogen (secondary N) is 1. The Labute approximate surface area is 195 Å². The van der Waals surface area contributed by atoms with Crippen molar-refractivity contribution in [2.45, 2.75) is 25.6 Å². The van der Waals surface area contributed by atoms with Crippen molar-refractivity contribution in [1.29, 1.82) is 0 Å². The van der Waals surface area contributed by atoms with Crippen molar-refractivity contribution >= 4 is 22.4 Å². The molecule has 5 rings (SSSR count). The van der Waals surface area contributed by atoms with Gasteiger partial charge in [-0.1, -0.05) is 25.1 Å². The lowest BCUT2D eigenvalue weighted by Gasteiger charge is -2.29. The fraction of sp³-hybridized carbons (Fsp3) is 0.375. The van der Waals surface area contributed by atoms with E-state index in [0.29, 0.717) is 29.5 Å². The number of benzene rings is 1. The van der Waals surface area contributed by atoms with E-state index >= 15 is 0 Å². The van der Waals surface area contributed by atoms with Crippen molar-refractivity contribution in [3.05, 3.63) is 64.0 Å². The number of aliphatic hydroxyl groups excluding tert-OH is 1. The van der Waals surface area contributed by atoms with Gasteiger partial charge < -0.3 is 19.7 Å². The average molecular weight is 467 g/mol. The highest BCUT2D eigenvalue weighted by atomic mass is 32.1. The number of thiazole rings is 1. The number of likely N-dealkylation sites (tertiary alicyclic amines) is 1. The number of aromatic nitrogens is 2. The fourth-order valence-corrected chi connectivity index (χ4v) is 6.05. The first-order valence-electron chi connectivity index (χ1n) is 11.0. The van der Waals surface area contributed by atoms with Crippen molar-refractivity contribution in [2.75, 3.05) is 25.6 Å². The normalized spacial score (nSPS) is 23.8. The molecule has 2 aliphatic heterocycles. The van der Waals surface area contributed by atoms with E-state index in [1.807, 2.05) is 48.7 Å². The van der Waals surface area contributed by atoms with Crippen molar-refractivity contribution in [2.24, 2.45) is 11.8 Å². The summed E-state index contributed by atoms with van der Waals surface area (Å²) in [5, 5.41) is 15.5. The van der Waals surface area contributed by atoms with Gasteiger partial charge in [0.05, 0.1) is 24.8 Å². The number of methoxy groups -OCH3 is 1. The van der Waals surface area contributed by atoms with Crippen LogP contribution in [0.15, 0.2) is 52.8 Å². The van der Waals surface area contributed by atoms with E-state index in [4.69, 9.17) is 4.74 Å². The van der Waals surface area contributed by atoms with Crippen LogP contribution in [0.5, 0.6) is 5.75 Å². The van der Waals surface area contributed by atoms with Gasteiger partial charge in [-0.3, -0.25) is 14.5 Å². The Morgan fingerprint density at radius 2 is 2.09 bits per heavy atom. The van der Waals surface area contributed by atoms with Crippen LogP contribution in [0.2, 0.25) is 0 Å². The first-order chi connectivity index (χ1) is 16.1. The SMILES string of the molecule is CCN1[C@H](C(=O)Nc2nccs2)[C@@H](CO)[C@@H]2Cn3c(ccc(-c4ccccc4OC)c3=O)[C@@H]21. The van der Waals surface area contributed by atoms with E-state index in [2.05, 4.69) is 15.2 Å². The molecule has 1 saturated heterocycles. The second kappa shape index (κ2) is 8.74. The van der Waals surface area contributed by atoms with Gasteiger partial charge in [-0.05, 0) is 24.7 Å². The van der Waals surface area contributed by atoms with Gasteiger partial charge in [0.2, 0.25) is 5.91 Å². The van der Waals surface area contributed by atoms with Crippen molar-refractivity contribution in [1.82, 2.24) is 14.5 Å². The number of likely N-dealkylation sites (N-methyl/N-ethyl adjacent to an activating group) is 1. The van der Waals surface area contributed by atoms with Gasteiger partial charge in [0, 0.05) is 47.8 Å². The fourth-order valence-electron chi connectivity index (χ4n) is 5.52. The lowest BCUT2D eigenvalue weighted by Crippen LogP contribution is -2.45. The van der Waals surface area contributed by atoms with Gasteiger partial charge in [0.1, 0.15) is 5.75 Å². The highest BCUT2D eigenvalue weighted by molar-refractivity contribution is 7.13. The van der Waals surface area contributed by atoms with Crippen LogP contribution >= 0.6 is 11.3 Å². The molecule has 2 aliphatic rings. The number of pyridine rings is 1. The molecule has 1 aromatic carbocycles. The summed E-state index contributed by atoms with van der Waals surface area (Å²) in [6, 6.07) is 10.7. The molecular formula is C24H26N4O4S. The number of nitrogens with zero attached hydrogens (tertiary/aromatic N) is 3. The molecule has 172 valence electrons. The smallest absolute Gasteiger partial charge is 0.258 e. The molecule has 33 heavy (non-hydrogen) atoms. The number of anilines is 1. The van der Waals surface area contributed by atoms with Crippen LogP contribution in [0.3, 0.4) is 0 Å². The molecule has 0 bridgehead atoms. The van der Waals surface area contributed by atoms with Crippen LogP contribution < -0.4 is 15.6 Å². The maximum Gasteiger partial charge on any atom is 0.258 e. The Morgan fingerprint density at radius 3 is 2.79 bits per heavy atom. The third-order valence-electron chi connectivity index (χ3n) is 6.88. The molecule has 1 fully saturated rings. The molecule has 0 radical (unpaired) electrons. The molecular weight excluding hydrogens is 440 g/mol. The van der Waals surface area contributed by atoms with Crippen LogP contribution in [-0.4, -0.2) is 51.8 Å². The zero-order valence-corrected chi connectivity index (χ0v) is 19.3. The Kier molecular flexibility index (Phi) is 5.77. The molecule has 9 heteroatoms. The van der Waals surface area contributed by atoms with Gasteiger partial charge in [0.25, 0.3) is 5.56 Å². The lowest BCUT2D eigenvalue weighted by molar-refractivity contribution is -0.122. The van der Waals surface area contributed by atoms with Crippen LogP contribution in [0.1, 0.15) is 18.7 Å². The largest absolute Gasteiger partial charge is 0.496 e. The minimum atomic E-state index is -0.489. The number of amides is 1. The van der Waals surface area contributed by atoms with Crippen LogP contribution in [-0.2, 0) is 11.3 Å². The molecule has 0 saturated carbocycles. The number of carbonyl (C=O) groups excluding carboxylic acids is 1. The number of hydrogen-bond acceptors (Lipinski definition) is 7. The zero-order chi connectivity index (χ0) is 23.1. The maximum absolute atomic E-state index is 13.5. The van der Waals surface area contributed by atoms with Crippen LogP contribution in [0.4, 0.5) is 5.13 Å². The predicted octanol–water partition coefficient (Wildman–Crippen LogP) is 2.60. The lowest BCUT2D eigenvalue weighted by atomic mass is 9.88. The van der Waals surface area contributed by atoms with E-state index in [-0.39, 0.29) is 36.0 Å². The summed E-state index contributed by atoms with van der Waals surface area (Å²) in [7, 11) is 1.59. The molecule has 4 heterocycles. The number of hydrogen-bond donors (Lipinski definition) is 2. The minimum absolute atomic E-state index is 0.0392. The number of ether oxygens (including phenoxy) is 1. The van der Waals surface area contributed by atoms with Crippen molar-refractivity contribution in [3.63, 3.8) is 0 Å². The van der Waals surface area contributed by atoms with E-state index in [1.54, 1.807) is 17.9 Å². The molecule has 8 nitrogen and oxygen atoms in total. The molecule has 0 aliphatic carbocycles. The summed E-state index contributed by atoms with van der Waals surface area (Å²) in [6.07, 6.45) is 1.65. The summed E-state index contributed by atoms with van der Waals surface area (Å²) in [5.41, 5.74) is 2.14. The van der Waals surface area contributed by atoms with E-state index < -0.39 is 6.04 Å². The molecule has 2 aromatic heterocycles. The Balaban J connectivity index is 1.52. The Morgan fingerprint density at radius 1 is 1.27 bits per heavy atom. The van der Waals surface area contributed by atoms with Gasteiger partial charge in [-0.2, -0.15) is 0 Å². The van der Waals surface area contributed by atoms with Gasteiger partial charge in [0.15, 0.2) is 5.13 Å². The second-order valence-corrected chi connectivity index (χ2v) is 9.24. The van der Waals surface area contributed by atoms with E-state index in [9.17, 15) is 14.7 Å². The molecule has 0 spiro atoms. The third kappa shape index (κ3) is 3.47. The average Bonchev–Trinajstić information content (AvgIpc) is 3.54. The number of fused-ring (bicyclic) bond motifs is 3. The maximum atomic E-state index is 13.5. The quantitative estimate of drug-likeness (QED) is 0.580. The Bertz CT molecular complexity index is 1230. The summed E-state index contributed by atoms with van der Waals surface area (Å²) >= 11 is 1.36. The number of para-hydroxylation sites is 1. The number of carbonyl (C=O) groups is 1. The predicted molar refractivity (Wildman–Crippen MR) is 126 cm³/mol. The van der Waals surface area contributed by atoms with Gasteiger partial charge in [-0.25, -0.2) is 4.98 Å². The number of aliphatic hydroxyl groups is 1. The molecule has 2 N–H and O–H groups in total. The highest BCUT2D eigenvalue weighted by Gasteiger charge is 2.55. The van der Waals surface area contributed by atoms with Crippen molar-refractivity contribution < 1.29 is 14.6 Å². The van der Waals surface area contributed by atoms with Gasteiger partial charge in [-0.15, -0.1) is 11.3 Å². The topological polar surface area (TPSA) is 96.7 Å². The van der Waals surface area contributed by atoms with Crippen LogP contribution in [0.25, 0.3) is 11.1 Å². The number of rotatable bonds is 6. The molecule has 0 unspecified atom stereocenters. The van der Waals surface area contributed by atoms with E-state index in [0.717, 1.165) is 11.3 Å².